The highest BCUT2D eigenvalue weighted by Crippen LogP contribution is 2.22. The maximum atomic E-state index is 12.2. The second-order valence-electron chi connectivity index (χ2n) is 6.12. The van der Waals surface area contributed by atoms with Crippen LogP contribution in [0.5, 0.6) is 0 Å². The molecule has 2 amide bonds. The summed E-state index contributed by atoms with van der Waals surface area (Å²) < 4.78 is 4.65. The molecule has 116 valence electrons. The van der Waals surface area contributed by atoms with Gasteiger partial charge in [0.2, 0.25) is 5.91 Å². The zero-order chi connectivity index (χ0) is 15.1. The first-order valence-corrected chi connectivity index (χ1v) is 7.58. The fourth-order valence-electron chi connectivity index (χ4n) is 2.83. The van der Waals surface area contributed by atoms with Crippen LogP contribution < -0.4 is 5.32 Å². The zero-order valence-electron chi connectivity index (χ0n) is 13.1. The lowest BCUT2D eigenvalue weighted by atomic mass is 9.90. The smallest absolute Gasteiger partial charge is 0.407 e. The number of amides is 2. The van der Waals surface area contributed by atoms with E-state index in [2.05, 4.69) is 30.8 Å². The average molecular weight is 284 g/mol. The van der Waals surface area contributed by atoms with E-state index in [1.165, 1.54) is 7.11 Å². The summed E-state index contributed by atoms with van der Waals surface area (Å²) in [6.45, 7) is 7.67. The maximum Gasteiger partial charge on any atom is 0.407 e. The van der Waals surface area contributed by atoms with Crippen LogP contribution in [-0.2, 0) is 9.53 Å². The molecule has 1 saturated heterocycles. The van der Waals surface area contributed by atoms with Crippen molar-refractivity contribution < 1.29 is 14.3 Å². The van der Waals surface area contributed by atoms with Gasteiger partial charge in [-0.1, -0.05) is 27.2 Å². The van der Waals surface area contributed by atoms with Crippen LogP contribution in [0.15, 0.2) is 0 Å². The van der Waals surface area contributed by atoms with Crippen molar-refractivity contribution >= 4 is 12.0 Å². The first-order valence-electron chi connectivity index (χ1n) is 7.58. The van der Waals surface area contributed by atoms with Gasteiger partial charge >= 0.3 is 6.09 Å². The van der Waals surface area contributed by atoms with Crippen molar-refractivity contribution in [3.8, 4) is 0 Å². The largest absolute Gasteiger partial charge is 0.453 e. The second kappa shape index (κ2) is 8.12. The number of hydrogen-bond donors (Lipinski definition) is 1. The normalized spacial score (nSPS) is 22.8. The summed E-state index contributed by atoms with van der Waals surface area (Å²) in [7, 11) is 1.36. The van der Waals surface area contributed by atoms with Gasteiger partial charge in [0.25, 0.3) is 0 Å². The molecule has 1 aliphatic heterocycles. The van der Waals surface area contributed by atoms with Crippen molar-refractivity contribution in [2.75, 3.05) is 20.2 Å². The number of nitrogens with one attached hydrogen (secondary N) is 1. The van der Waals surface area contributed by atoms with Crippen LogP contribution >= 0.6 is 0 Å². The summed E-state index contributed by atoms with van der Waals surface area (Å²) in [5.41, 5.74) is 0. The first kappa shape index (κ1) is 16.8. The van der Waals surface area contributed by atoms with Gasteiger partial charge in [0.15, 0.2) is 0 Å². The summed E-state index contributed by atoms with van der Waals surface area (Å²) in [4.78, 5) is 25.5. The van der Waals surface area contributed by atoms with E-state index >= 15 is 0 Å². The lowest BCUT2D eigenvalue weighted by molar-refractivity contribution is -0.134. The number of carbonyl (C=O) groups excluding carboxylic acids is 2. The molecular weight excluding hydrogens is 256 g/mol. The predicted molar refractivity (Wildman–Crippen MR) is 78.4 cm³/mol. The maximum absolute atomic E-state index is 12.2. The molecule has 20 heavy (non-hydrogen) atoms. The fraction of sp³-hybridized carbons (Fsp3) is 0.867. The Morgan fingerprint density at radius 1 is 1.35 bits per heavy atom. The molecule has 0 radical (unpaired) electrons. The molecule has 2 unspecified atom stereocenters. The summed E-state index contributed by atoms with van der Waals surface area (Å²) >= 11 is 0. The van der Waals surface area contributed by atoms with Crippen molar-refractivity contribution in [1.29, 1.82) is 0 Å². The Labute approximate surface area is 122 Å². The SMILES string of the molecule is CCCC1CC(NC(=O)OC)CN(C(=O)CC(C)C)C1. The lowest BCUT2D eigenvalue weighted by Gasteiger charge is -2.38. The van der Waals surface area contributed by atoms with E-state index in [-0.39, 0.29) is 11.9 Å². The van der Waals surface area contributed by atoms with Gasteiger partial charge in [-0.15, -0.1) is 0 Å². The van der Waals surface area contributed by atoms with Crippen LogP contribution in [0.1, 0.15) is 46.5 Å². The van der Waals surface area contributed by atoms with Crippen molar-refractivity contribution in [3.63, 3.8) is 0 Å². The van der Waals surface area contributed by atoms with E-state index < -0.39 is 6.09 Å². The molecule has 5 nitrogen and oxygen atoms in total. The topological polar surface area (TPSA) is 58.6 Å². The van der Waals surface area contributed by atoms with Crippen LogP contribution in [-0.4, -0.2) is 43.1 Å². The number of ether oxygens (including phenoxy) is 1. The Hall–Kier alpha value is -1.26. The Morgan fingerprint density at radius 3 is 2.60 bits per heavy atom. The minimum Gasteiger partial charge on any atom is -0.453 e. The van der Waals surface area contributed by atoms with E-state index in [9.17, 15) is 9.59 Å². The van der Waals surface area contributed by atoms with Crippen LogP contribution in [0.25, 0.3) is 0 Å². The summed E-state index contributed by atoms with van der Waals surface area (Å²) in [6, 6.07) is 0.00358. The molecule has 0 spiro atoms. The number of piperidine rings is 1. The van der Waals surface area contributed by atoms with Crippen LogP contribution in [0.2, 0.25) is 0 Å². The highest BCUT2D eigenvalue weighted by molar-refractivity contribution is 5.76. The average Bonchev–Trinajstić information content (AvgIpc) is 2.37. The molecule has 2 atom stereocenters. The molecule has 0 aliphatic carbocycles. The molecule has 0 aromatic heterocycles. The molecule has 0 saturated carbocycles. The molecule has 0 aromatic carbocycles. The van der Waals surface area contributed by atoms with Gasteiger partial charge < -0.3 is 15.0 Å². The van der Waals surface area contributed by atoms with Gasteiger partial charge in [-0.3, -0.25) is 4.79 Å². The monoisotopic (exact) mass is 284 g/mol. The van der Waals surface area contributed by atoms with Gasteiger partial charge in [0.05, 0.1) is 13.2 Å². The highest BCUT2D eigenvalue weighted by atomic mass is 16.5. The Morgan fingerprint density at radius 2 is 2.05 bits per heavy atom. The predicted octanol–water partition coefficient (Wildman–Crippen LogP) is 2.41. The van der Waals surface area contributed by atoms with Gasteiger partial charge in [0.1, 0.15) is 0 Å². The third-order valence-electron chi connectivity index (χ3n) is 3.68. The van der Waals surface area contributed by atoms with Gasteiger partial charge in [0, 0.05) is 19.5 Å². The standard InChI is InChI=1S/C15H28N2O3/c1-5-6-12-8-13(16-15(19)20-4)10-17(9-12)14(18)7-11(2)3/h11-13H,5-10H2,1-4H3,(H,16,19). The van der Waals surface area contributed by atoms with E-state index in [0.29, 0.717) is 24.8 Å². The molecule has 0 aromatic rings. The molecule has 1 rings (SSSR count). The third kappa shape index (κ3) is 5.39. The molecule has 1 N–H and O–H groups in total. The molecule has 0 bridgehead atoms. The van der Waals surface area contributed by atoms with Crippen LogP contribution in [0.3, 0.4) is 0 Å². The summed E-state index contributed by atoms with van der Waals surface area (Å²) in [5.74, 6) is 1.02. The van der Waals surface area contributed by atoms with Crippen molar-refractivity contribution in [3.05, 3.63) is 0 Å². The van der Waals surface area contributed by atoms with E-state index in [1.54, 1.807) is 0 Å². The number of hydrogen-bond acceptors (Lipinski definition) is 3. The first-order chi connectivity index (χ1) is 9.46. The number of carbonyl (C=O) groups is 2. The number of methoxy groups -OCH3 is 1. The molecule has 5 heteroatoms. The van der Waals surface area contributed by atoms with Gasteiger partial charge in [-0.05, 0) is 24.7 Å². The van der Waals surface area contributed by atoms with Crippen molar-refractivity contribution in [2.24, 2.45) is 11.8 Å². The summed E-state index contributed by atoms with van der Waals surface area (Å²) in [6.07, 6.45) is 3.27. The number of alkyl carbamates (subject to hydrolysis) is 1. The second-order valence-corrected chi connectivity index (χ2v) is 6.12. The van der Waals surface area contributed by atoms with Crippen LogP contribution in [0, 0.1) is 11.8 Å². The highest BCUT2D eigenvalue weighted by Gasteiger charge is 2.30. The molecule has 1 heterocycles. The van der Waals surface area contributed by atoms with E-state index in [1.807, 2.05) is 4.90 Å². The molecular formula is C15H28N2O3. The number of nitrogens with zero attached hydrogens (tertiary/aromatic N) is 1. The van der Waals surface area contributed by atoms with Crippen LogP contribution in [0.4, 0.5) is 4.79 Å². The Balaban J connectivity index is 2.64. The fourth-order valence-corrected chi connectivity index (χ4v) is 2.83. The van der Waals surface area contributed by atoms with Crippen molar-refractivity contribution in [1.82, 2.24) is 10.2 Å². The van der Waals surface area contributed by atoms with Gasteiger partial charge in [-0.2, -0.15) is 0 Å². The van der Waals surface area contributed by atoms with Crippen molar-refractivity contribution in [2.45, 2.75) is 52.5 Å². The Bertz CT molecular complexity index is 331. The lowest BCUT2D eigenvalue weighted by Crippen LogP contribution is -2.52. The van der Waals surface area contributed by atoms with E-state index in [0.717, 1.165) is 25.8 Å². The summed E-state index contributed by atoms with van der Waals surface area (Å²) in [5, 5.41) is 2.84. The minimum atomic E-state index is -0.414. The number of rotatable bonds is 5. The molecule has 1 fully saturated rings. The van der Waals surface area contributed by atoms with E-state index in [4.69, 9.17) is 0 Å². The quantitative estimate of drug-likeness (QED) is 0.843. The minimum absolute atomic E-state index is 0.00358. The number of likely N-dealkylation sites (tertiary alicyclic amines) is 1. The third-order valence-corrected chi connectivity index (χ3v) is 3.68. The van der Waals surface area contributed by atoms with Gasteiger partial charge in [-0.25, -0.2) is 4.79 Å². The zero-order valence-corrected chi connectivity index (χ0v) is 13.1. The Kier molecular flexibility index (Phi) is 6.82. The molecule has 1 aliphatic rings.